The van der Waals surface area contributed by atoms with Crippen molar-refractivity contribution in [3.63, 3.8) is 0 Å². The molecule has 0 aromatic heterocycles. The van der Waals surface area contributed by atoms with E-state index in [2.05, 4.69) is 56.3 Å². The molecule has 1 unspecified atom stereocenters. The van der Waals surface area contributed by atoms with Crippen molar-refractivity contribution >= 4 is 17.0 Å². The fourth-order valence-electron chi connectivity index (χ4n) is 2.87. The quantitative estimate of drug-likeness (QED) is 0.415. The van der Waals surface area contributed by atoms with Gasteiger partial charge in [0.05, 0.1) is 0 Å². The Bertz CT molecular complexity index is 324. The fraction of sp³-hybridized carbons (Fsp3) is 0.684. The van der Waals surface area contributed by atoms with Crippen molar-refractivity contribution in [1.82, 2.24) is 4.90 Å². The summed E-state index contributed by atoms with van der Waals surface area (Å²) < 4.78 is 0. The number of rotatable bonds is 11. The molecule has 0 spiro atoms. The van der Waals surface area contributed by atoms with Gasteiger partial charge in [-0.05, 0) is 26.1 Å². The molecule has 0 fully saturated rings. The number of halogens is 1. The summed E-state index contributed by atoms with van der Waals surface area (Å²) >= 11 is 0. The van der Waals surface area contributed by atoms with Crippen LogP contribution in [0.2, 0.25) is 0 Å². The molecule has 0 aliphatic heterocycles. The van der Waals surface area contributed by atoms with Crippen LogP contribution in [0.15, 0.2) is 30.3 Å². The second-order valence-electron chi connectivity index (χ2n) is 6.15. The van der Waals surface area contributed by atoms with Gasteiger partial charge >= 0.3 is 0 Å². The molecule has 0 saturated carbocycles. The minimum Gasteiger partial charge on any atom is -0.302 e. The number of nitrogens with zero attached hydrogens (tertiary/aromatic N) is 1. The van der Waals surface area contributed by atoms with Gasteiger partial charge in [0.2, 0.25) is 0 Å². The van der Waals surface area contributed by atoms with Crippen molar-refractivity contribution < 1.29 is 0 Å². The van der Waals surface area contributed by atoms with Gasteiger partial charge in [-0.15, -0.1) is 17.0 Å². The molecule has 2 heteroatoms. The van der Waals surface area contributed by atoms with Gasteiger partial charge in [-0.1, -0.05) is 88.6 Å². The van der Waals surface area contributed by atoms with Gasteiger partial charge in [-0.3, -0.25) is 0 Å². The van der Waals surface area contributed by atoms with Gasteiger partial charge in [-0.25, -0.2) is 0 Å². The SMILES string of the molecule is Br.CCCCCCCCCCC(c1ccccc1)N(C)C. The Balaban J connectivity index is 0.00000400. The van der Waals surface area contributed by atoms with E-state index in [9.17, 15) is 0 Å². The Hall–Kier alpha value is -0.340. The van der Waals surface area contributed by atoms with Gasteiger partial charge in [0.1, 0.15) is 0 Å². The summed E-state index contributed by atoms with van der Waals surface area (Å²) in [4.78, 5) is 2.36. The third-order valence-corrected chi connectivity index (χ3v) is 4.14. The van der Waals surface area contributed by atoms with Gasteiger partial charge in [-0.2, -0.15) is 0 Å². The minimum absolute atomic E-state index is 0. The Kier molecular flexibility index (Phi) is 13.1. The maximum absolute atomic E-state index is 2.36. The van der Waals surface area contributed by atoms with E-state index < -0.39 is 0 Å². The average Bonchev–Trinajstić information content (AvgIpc) is 2.46. The monoisotopic (exact) mass is 355 g/mol. The van der Waals surface area contributed by atoms with Crippen molar-refractivity contribution in [2.45, 2.75) is 70.8 Å². The summed E-state index contributed by atoms with van der Waals surface area (Å²) in [5.41, 5.74) is 1.46. The first-order chi connectivity index (χ1) is 9.75. The average molecular weight is 356 g/mol. The molecule has 1 aromatic carbocycles. The van der Waals surface area contributed by atoms with E-state index in [0.29, 0.717) is 6.04 Å². The summed E-state index contributed by atoms with van der Waals surface area (Å²) in [5, 5.41) is 0. The predicted molar refractivity (Wildman–Crippen MR) is 100 cm³/mol. The first kappa shape index (κ1) is 20.7. The van der Waals surface area contributed by atoms with Crippen LogP contribution in [0.4, 0.5) is 0 Å². The lowest BCUT2D eigenvalue weighted by Crippen LogP contribution is -2.19. The van der Waals surface area contributed by atoms with Gasteiger partial charge < -0.3 is 4.90 Å². The van der Waals surface area contributed by atoms with Crippen LogP contribution in [0.5, 0.6) is 0 Å². The zero-order valence-corrected chi connectivity index (χ0v) is 15.9. The molecular weight excluding hydrogens is 322 g/mol. The minimum atomic E-state index is 0. The molecule has 1 aromatic rings. The molecule has 21 heavy (non-hydrogen) atoms. The van der Waals surface area contributed by atoms with Crippen LogP contribution in [-0.4, -0.2) is 19.0 Å². The van der Waals surface area contributed by atoms with Gasteiger partial charge in [0, 0.05) is 6.04 Å². The molecule has 0 amide bonds. The van der Waals surface area contributed by atoms with Crippen molar-refractivity contribution in [2.75, 3.05) is 14.1 Å². The standard InChI is InChI=1S/C19H33N.BrH/c1-4-5-6-7-8-9-10-14-17-19(20(2)3)18-15-12-11-13-16-18;/h11-13,15-16,19H,4-10,14,17H2,1-3H3;1H. The summed E-state index contributed by atoms with van der Waals surface area (Å²) in [6.07, 6.45) is 12.5. The summed E-state index contributed by atoms with van der Waals surface area (Å²) in [6, 6.07) is 11.5. The fourth-order valence-corrected chi connectivity index (χ4v) is 2.87. The molecule has 0 N–H and O–H groups in total. The second kappa shape index (κ2) is 13.3. The van der Waals surface area contributed by atoms with Crippen molar-refractivity contribution in [3.8, 4) is 0 Å². The first-order valence-electron chi connectivity index (χ1n) is 8.47. The Morgan fingerprint density at radius 3 is 1.86 bits per heavy atom. The highest BCUT2D eigenvalue weighted by molar-refractivity contribution is 8.93. The Morgan fingerprint density at radius 2 is 1.33 bits per heavy atom. The second-order valence-corrected chi connectivity index (χ2v) is 6.15. The highest BCUT2D eigenvalue weighted by atomic mass is 79.9. The zero-order chi connectivity index (χ0) is 14.6. The molecule has 1 nitrogen and oxygen atoms in total. The Labute approximate surface area is 142 Å². The van der Waals surface area contributed by atoms with E-state index in [1.807, 2.05) is 0 Å². The van der Waals surface area contributed by atoms with E-state index >= 15 is 0 Å². The molecule has 0 aliphatic carbocycles. The number of hydrogen-bond donors (Lipinski definition) is 0. The maximum Gasteiger partial charge on any atom is 0.0342 e. The normalized spacial score (nSPS) is 12.2. The molecule has 0 heterocycles. The van der Waals surface area contributed by atoms with Crippen LogP contribution in [0, 0.1) is 0 Å². The van der Waals surface area contributed by atoms with Crippen molar-refractivity contribution in [1.29, 1.82) is 0 Å². The van der Waals surface area contributed by atoms with E-state index in [1.54, 1.807) is 0 Å². The lowest BCUT2D eigenvalue weighted by Gasteiger charge is -2.24. The third kappa shape index (κ3) is 9.31. The summed E-state index contributed by atoms with van der Waals surface area (Å²) in [6.45, 7) is 2.28. The molecule has 0 bridgehead atoms. The van der Waals surface area contributed by atoms with Gasteiger partial charge in [0.15, 0.2) is 0 Å². The summed E-state index contributed by atoms with van der Waals surface area (Å²) in [7, 11) is 4.39. The smallest absolute Gasteiger partial charge is 0.0342 e. The van der Waals surface area contributed by atoms with Crippen LogP contribution in [0.3, 0.4) is 0 Å². The van der Waals surface area contributed by atoms with Crippen LogP contribution >= 0.6 is 17.0 Å². The van der Waals surface area contributed by atoms with Crippen molar-refractivity contribution in [3.05, 3.63) is 35.9 Å². The number of benzene rings is 1. The lowest BCUT2D eigenvalue weighted by atomic mass is 9.98. The van der Waals surface area contributed by atoms with Crippen LogP contribution in [-0.2, 0) is 0 Å². The van der Waals surface area contributed by atoms with Crippen LogP contribution in [0.1, 0.15) is 76.3 Å². The highest BCUT2D eigenvalue weighted by Gasteiger charge is 2.12. The summed E-state index contributed by atoms with van der Waals surface area (Å²) in [5.74, 6) is 0. The molecule has 0 saturated heterocycles. The molecule has 122 valence electrons. The molecule has 1 atom stereocenters. The van der Waals surface area contributed by atoms with Crippen LogP contribution < -0.4 is 0 Å². The topological polar surface area (TPSA) is 3.24 Å². The number of unbranched alkanes of at least 4 members (excludes halogenated alkanes) is 7. The Morgan fingerprint density at radius 1 is 0.810 bits per heavy atom. The van der Waals surface area contributed by atoms with E-state index in [-0.39, 0.29) is 17.0 Å². The molecule has 1 rings (SSSR count). The number of hydrogen-bond acceptors (Lipinski definition) is 1. The highest BCUT2D eigenvalue weighted by Crippen LogP contribution is 2.24. The van der Waals surface area contributed by atoms with E-state index in [0.717, 1.165) is 0 Å². The molecule has 0 radical (unpaired) electrons. The third-order valence-electron chi connectivity index (χ3n) is 4.14. The molecule has 0 aliphatic rings. The van der Waals surface area contributed by atoms with Crippen LogP contribution in [0.25, 0.3) is 0 Å². The lowest BCUT2D eigenvalue weighted by molar-refractivity contribution is 0.276. The van der Waals surface area contributed by atoms with E-state index in [4.69, 9.17) is 0 Å². The largest absolute Gasteiger partial charge is 0.302 e. The zero-order valence-electron chi connectivity index (χ0n) is 14.2. The van der Waals surface area contributed by atoms with E-state index in [1.165, 1.54) is 63.4 Å². The first-order valence-corrected chi connectivity index (χ1v) is 8.47. The van der Waals surface area contributed by atoms with Crippen molar-refractivity contribution in [2.24, 2.45) is 0 Å². The maximum atomic E-state index is 2.36. The van der Waals surface area contributed by atoms with Gasteiger partial charge in [0.25, 0.3) is 0 Å². The molecular formula is C19H34BrN. The predicted octanol–water partition coefficient (Wildman–Crippen LogP) is 6.40.